The maximum Gasteiger partial charge on any atom is 0.228 e. The molecule has 0 saturated heterocycles. The lowest BCUT2D eigenvalue weighted by atomic mass is 10.1. The molecule has 2 aromatic rings. The van der Waals surface area contributed by atoms with Gasteiger partial charge in [0.05, 0.1) is 10.9 Å². The van der Waals surface area contributed by atoms with Crippen LogP contribution in [0.25, 0.3) is 0 Å². The minimum Gasteiger partial charge on any atom is -0.326 e. The summed E-state index contributed by atoms with van der Waals surface area (Å²) in [4.78, 5) is 12.0. The Hall–Kier alpha value is -1.39. The fourth-order valence-electron chi connectivity index (χ4n) is 1.76. The lowest BCUT2D eigenvalue weighted by Crippen LogP contribution is -2.15. The van der Waals surface area contributed by atoms with Gasteiger partial charge in [-0.05, 0) is 58.2 Å². The summed E-state index contributed by atoms with van der Waals surface area (Å²) in [5.41, 5.74) is 2.14. The molecule has 2 rings (SSSR count). The van der Waals surface area contributed by atoms with Crippen LogP contribution in [0.1, 0.15) is 11.1 Å². The Morgan fingerprint density at radius 1 is 1.30 bits per heavy atom. The SMILES string of the molecule is Cc1cc(F)c(Br)cc1NC(=O)Cc1ccc(Cl)cc1. The number of rotatable bonds is 3. The molecule has 0 aliphatic carbocycles. The molecule has 20 heavy (non-hydrogen) atoms. The van der Waals surface area contributed by atoms with Gasteiger partial charge in [0.25, 0.3) is 0 Å². The number of carbonyl (C=O) groups is 1. The van der Waals surface area contributed by atoms with Crippen LogP contribution in [0, 0.1) is 12.7 Å². The lowest BCUT2D eigenvalue weighted by molar-refractivity contribution is -0.115. The molecule has 0 heterocycles. The molecule has 0 aromatic heterocycles. The monoisotopic (exact) mass is 355 g/mol. The molecule has 1 N–H and O–H groups in total. The van der Waals surface area contributed by atoms with Crippen molar-refractivity contribution in [3.8, 4) is 0 Å². The van der Waals surface area contributed by atoms with E-state index in [1.165, 1.54) is 6.07 Å². The van der Waals surface area contributed by atoms with Gasteiger partial charge in [-0.15, -0.1) is 0 Å². The van der Waals surface area contributed by atoms with Gasteiger partial charge in [0.15, 0.2) is 0 Å². The van der Waals surface area contributed by atoms with Crippen molar-refractivity contribution >= 4 is 39.1 Å². The lowest BCUT2D eigenvalue weighted by Gasteiger charge is -2.09. The number of aryl methyl sites for hydroxylation is 1. The van der Waals surface area contributed by atoms with Crippen molar-refractivity contribution in [3.05, 3.63) is 62.8 Å². The van der Waals surface area contributed by atoms with Crippen LogP contribution in [0.5, 0.6) is 0 Å². The van der Waals surface area contributed by atoms with Crippen LogP contribution in [-0.2, 0) is 11.2 Å². The molecule has 5 heteroatoms. The van der Waals surface area contributed by atoms with Crippen LogP contribution >= 0.6 is 27.5 Å². The average molecular weight is 357 g/mol. The van der Waals surface area contributed by atoms with E-state index in [2.05, 4.69) is 21.2 Å². The van der Waals surface area contributed by atoms with E-state index in [1.54, 1.807) is 37.3 Å². The number of carbonyl (C=O) groups excluding carboxylic acids is 1. The number of anilines is 1. The highest BCUT2D eigenvalue weighted by molar-refractivity contribution is 9.10. The Bertz CT molecular complexity index is 643. The minimum atomic E-state index is -0.349. The highest BCUT2D eigenvalue weighted by Crippen LogP contribution is 2.24. The van der Waals surface area contributed by atoms with Crippen LogP contribution in [0.15, 0.2) is 40.9 Å². The first-order valence-electron chi connectivity index (χ1n) is 5.95. The van der Waals surface area contributed by atoms with Gasteiger partial charge in [0.1, 0.15) is 5.82 Å². The van der Waals surface area contributed by atoms with E-state index >= 15 is 0 Å². The highest BCUT2D eigenvalue weighted by Gasteiger charge is 2.09. The zero-order valence-electron chi connectivity index (χ0n) is 10.7. The Morgan fingerprint density at radius 2 is 1.95 bits per heavy atom. The van der Waals surface area contributed by atoms with Gasteiger partial charge in [0.2, 0.25) is 5.91 Å². The van der Waals surface area contributed by atoms with Crippen molar-refractivity contribution in [1.29, 1.82) is 0 Å². The minimum absolute atomic E-state index is 0.158. The van der Waals surface area contributed by atoms with Gasteiger partial charge in [-0.2, -0.15) is 0 Å². The van der Waals surface area contributed by atoms with Crippen LogP contribution in [0.4, 0.5) is 10.1 Å². The Morgan fingerprint density at radius 3 is 2.60 bits per heavy atom. The summed E-state index contributed by atoms with van der Waals surface area (Å²) in [6, 6.07) is 10.0. The van der Waals surface area contributed by atoms with Crippen LogP contribution in [-0.4, -0.2) is 5.91 Å². The number of benzene rings is 2. The first-order chi connectivity index (χ1) is 9.45. The van der Waals surface area contributed by atoms with Crippen molar-refractivity contribution < 1.29 is 9.18 Å². The third-order valence-corrected chi connectivity index (χ3v) is 3.68. The molecule has 104 valence electrons. The molecule has 0 bridgehead atoms. The molecule has 0 aliphatic heterocycles. The molecule has 0 aliphatic rings. The van der Waals surface area contributed by atoms with Crippen molar-refractivity contribution in [3.63, 3.8) is 0 Å². The summed E-state index contributed by atoms with van der Waals surface area (Å²) in [6.45, 7) is 1.74. The molecular weight excluding hydrogens is 345 g/mol. The van der Waals surface area contributed by atoms with E-state index < -0.39 is 0 Å². The fourth-order valence-corrected chi connectivity index (χ4v) is 2.23. The van der Waals surface area contributed by atoms with Gasteiger partial charge in [-0.3, -0.25) is 4.79 Å². The molecule has 0 saturated carbocycles. The average Bonchev–Trinajstić information content (AvgIpc) is 2.39. The van der Waals surface area contributed by atoms with Crippen molar-refractivity contribution in [2.45, 2.75) is 13.3 Å². The summed E-state index contributed by atoms with van der Waals surface area (Å²) in [5, 5.41) is 3.40. The van der Waals surface area contributed by atoms with Crippen molar-refractivity contribution in [2.24, 2.45) is 0 Å². The maximum atomic E-state index is 13.3. The first kappa shape index (κ1) is 15.0. The molecule has 2 aromatic carbocycles. The van der Waals surface area contributed by atoms with Crippen LogP contribution in [0.2, 0.25) is 5.02 Å². The summed E-state index contributed by atoms with van der Waals surface area (Å²) in [6.07, 6.45) is 0.242. The number of hydrogen-bond donors (Lipinski definition) is 1. The quantitative estimate of drug-likeness (QED) is 0.846. The summed E-state index contributed by atoms with van der Waals surface area (Å²) >= 11 is 8.89. The molecule has 0 unspecified atom stereocenters. The third-order valence-electron chi connectivity index (χ3n) is 2.82. The zero-order chi connectivity index (χ0) is 14.7. The van der Waals surface area contributed by atoms with E-state index in [1.807, 2.05) is 0 Å². The zero-order valence-corrected chi connectivity index (χ0v) is 13.1. The molecule has 1 amide bonds. The van der Waals surface area contributed by atoms with Crippen molar-refractivity contribution in [1.82, 2.24) is 0 Å². The van der Waals surface area contributed by atoms with E-state index in [-0.39, 0.29) is 18.1 Å². The van der Waals surface area contributed by atoms with E-state index in [9.17, 15) is 9.18 Å². The fraction of sp³-hybridized carbons (Fsp3) is 0.133. The predicted molar refractivity (Wildman–Crippen MR) is 82.6 cm³/mol. The molecule has 0 fully saturated rings. The summed E-state index contributed by atoms with van der Waals surface area (Å²) in [7, 11) is 0. The normalized spacial score (nSPS) is 10.4. The second-order valence-electron chi connectivity index (χ2n) is 4.43. The van der Waals surface area contributed by atoms with Gasteiger partial charge < -0.3 is 5.32 Å². The van der Waals surface area contributed by atoms with Crippen LogP contribution in [0.3, 0.4) is 0 Å². The highest BCUT2D eigenvalue weighted by atomic mass is 79.9. The Labute approximate surface area is 130 Å². The number of halogens is 3. The molecule has 0 spiro atoms. The summed E-state index contributed by atoms with van der Waals surface area (Å²) < 4.78 is 13.6. The first-order valence-corrected chi connectivity index (χ1v) is 7.13. The second-order valence-corrected chi connectivity index (χ2v) is 5.72. The molecule has 0 radical (unpaired) electrons. The number of amides is 1. The second kappa shape index (κ2) is 6.37. The third kappa shape index (κ3) is 3.81. The van der Waals surface area contributed by atoms with E-state index in [0.717, 1.165) is 5.56 Å². The number of nitrogens with one attached hydrogen (secondary N) is 1. The number of hydrogen-bond acceptors (Lipinski definition) is 1. The summed E-state index contributed by atoms with van der Waals surface area (Å²) in [5.74, 6) is -0.507. The molecular formula is C15H12BrClFNO. The largest absolute Gasteiger partial charge is 0.326 e. The topological polar surface area (TPSA) is 29.1 Å². The van der Waals surface area contributed by atoms with Gasteiger partial charge in [-0.1, -0.05) is 23.7 Å². The molecule has 2 nitrogen and oxygen atoms in total. The van der Waals surface area contributed by atoms with Gasteiger partial charge in [-0.25, -0.2) is 4.39 Å². The Kier molecular flexibility index (Phi) is 4.78. The molecule has 0 atom stereocenters. The predicted octanol–water partition coefficient (Wildman–Crippen LogP) is 4.73. The van der Waals surface area contributed by atoms with Gasteiger partial charge >= 0.3 is 0 Å². The Balaban J connectivity index is 2.08. The van der Waals surface area contributed by atoms with Gasteiger partial charge in [0, 0.05) is 10.7 Å². The standard InChI is InChI=1S/C15H12BrClFNO/c1-9-6-13(18)12(16)8-14(9)19-15(20)7-10-2-4-11(17)5-3-10/h2-6,8H,7H2,1H3,(H,19,20). The maximum absolute atomic E-state index is 13.3. The van der Waals surface area contributed by atoms with Crippen molar-refractivity contribution in [2.75, 3.05) is 5.32 Å². The van der Waals surface area contributed by atoms with E-state index in [0.29, 0.717) is 20.7 Å². The van der Waals surface area contributed by atoms with Crippen LogP contribution < -0.4 is 5.32 Å². The van der Waals surface area contributed by atoms with E-state index in [4.69, 9.17) is 11.6 Å². The smallest absolute Gasteiger partial charge is 0.228 e.